The van der Waals surface area contributed by atoms with Gasteiger partial charge in [-0.25, -0.2) is 0 Å². The lowest BCUT2D eigenvalue weighted by Crippen LogP contribution is -2.52. The molecule has 9 heteroatoms. The minimum atomic E-state index is -0.321. The topological polar surface area (TPSA) is 88.3 Å². The van der Waals surface area contributed by atoms with Gasteiger partial charge in [0.25, 0.3) is 5.91 Å². The van der Waals surface area contributed by atoms with Crippen molar-refractivity contribution in [3.63, 3.8) is 0 Å². The predicted molar refractivity (Wildman–Crippen MR) is 137 cm³/mol. The number of nitrogens with one attached hydrogen (secondary N) is 2. The molecule has 0 bridgehead atoms. The molecule has 2 aromatic carbocycles. The van der Waals surface area contributed by atoms with Crippen molar-refractivity contribution in [2.75, 3.05) is 44.2 Å². The largest absolute Gasteiger partial charge is 0.361 e. The molecular formula is C26H27ClN6O2. The number of fused-ring (bicyclic) bond motifs is 1. The van der Waals surface area contributed by atoms with Gasteiger partial charge in [-0.2, -0.15) is 5.10 Å². The van der Waals surface area contributed by atoms with Crippen molar-refractivity contribution in [3.05, 3.63) is 83.2 Å². The first kappa shape index (κ1) is 21.9. The molecule has 2 aromatic heterocycles. The third kappa shape index (κ3) is 5.23. The number of benzene rings is 2. The Balaban J connectivity index is 1.29. The maximum absolute atomic E-state index is 13.6. The van der Waals surface area contributed by atoms with E-state index in [4.69, 9.17) is 13.0 Å². The Morgan fingerprint density at radius 3 is 2.71 bits per heavy atom. The normalized spacial score (nSPS) is 14.8. The number of aromatic amines is 2. The summed E-state index contributed by atoms with van der Waals surface area (Å²) in [7, 11) is 0. The van der Waals surface area contributed by atoms with Crippen molar-refractivity contribution in [1.82, 2.24) is 25.0 Å². The van der Waals surface area contributed by atoms with E-state index in [2.05, 4.69) is 20.1 Å². The summed E-state index contributed by atoms with van der Waals surface area (Å²) in [6.07, 6.45) is 4.92. The molecule has 180 valence electrons. The smallest absolute Gasteiger partial charge is 0.258 e. The van der Waals surface area contributed by atoms with Gasteiger partial charge in [-0.3, -0.25) is 24.5 Å². The Kier molecular flexibility index (Phi) is 6.46. The fourth-order valence-corrected chi connectivity index (χ4v) is 4.60. The van der Waals surface area contributed by atoms with Gasteiger partial charge in [0, 0.05) is 56.2 Å². The lowest BCUT2D eigenvalue weighted by Gasteiger charge is -2.36. The second kappa shape index (κ2) is 10.3. The van der Waals surface area contributed by atoms with E-state index in [0.717, 1.165) is 31.4 Å². The van der Waals surface area contributed by atoms with Gasteiger partial charge >= 0.3 is 0 Å². The number of hydrogen-bond donors (Lipinski definition) is 2. The second-order valence-corrected chi connectivity index (χ2v) is 9.04. The van der Waals surface area contributed by atoms with Crippen LogP contribution in [0.1, 0.15) is 17.3 Å². The molecular weight excluding hydrogens is 464 g/mol. The third-order valence-electron chi connectivity index (χ3n) is 6.41. The molecule has 0 radical (unpaired) electrons. The van der Waals surface area contributed by atoms with Crippen LogP contribution in [0.4, 0.5) is 5.69 Å². The van der Waals surface area contributed by atoms with Crippen molar-refractivity contribution < 1.29 is 11.0 Å². The van der Waals surface area contributed by atoms with Gasteiger partial charge in [0.05, 0.1) is 18.3 Å². The minimum absolute atomic E-state index is 0.107. The van der Waals surface area contributed by atoms with Crippen LogP contribution in [0.15, 0.2) is 67.1 Å². The molecule has 0 saturated carbocycles. The summed E-state index contributed by atoms with van der Waals surface area (Å²) in [5, 5.41) is 8.07. The Labute approximate surface area is 209 Å². The van der Waals surface area contributed by atoms with Crippen LogP contribution in [0.5, 0.6) is 0 Å². The van der Waals surface area contributed by atoms with Crippen LogP contribution in [0.3, 0.4) is 0 Å². The summed E-state index contributed by atoms with van der Waals surface area (Å²) in [6.45, 7) is 3.58. The van der Waals surface area contributed by atoms with Crippen molar-refractivity contribution in [2.24, 2.45) is 0 Å². The average molecular weight is 492 g/mol. The number of carbonyl (C=O) groups excluding carboxylic acids is 2. The highest BCUT2D eigenvalue weighted by Gasteiger charge is 2.27. The Morgan fingerprint density at radius 2 is 1.94 bits per heavy atom. The van der Waals surface area contributed by atoms with Gasteiger partial charge < -0.3 is 9.88 Å². The first-order valence-corrected chi connectivity index (χ1v) is 12.0. The zero-order valence-corrected chi connectivity index (χ0v) is 20.0. The molecule has 0 unspecified atom stereocenters. The number of anilines is 1. The molecule has 1 saturated heterocycles. The summed E-state index contributed by atoms with van der Waals surface area (Å²) in [5.41, 5.74) is 2.77. The maximum Gasteiger partial charge on any atom is 0.258 e. The van der Waals surface area contributed by atoms with Crippen LogP contribution >= 0.6 is 11.6 Å². The zero-order chi connectivity index (χ0) is 25.1. The highest BCUT2D eigenvalue weighted by molar-refractivity contribution is 6.34. The van der Waals surface area contributed by atoms with Gasteiger partial charge in [0.2, 0.25) is 5.91 Å². The summed E-state index contributed by atoms with van der Waals surface area (Å²) < 4.78 is 7.80. The number of carbonyl (C=O) groups is 2. The number of aromatic nitrogens is 3. The summed E-state index contributed by atoms with van der Waals surface area (Å²) in [5.74, 6) is -0.439. The van der Waals surface area contributed by atoms with Crippen LogP contribution < -0.4 is 4.90 Å². The van der Waals surface area contributed by atoms with Crippen LogP contribution in [-0.4, -0.2) is 76.1 Å². The molecule has 5 rings (SSSR count). The number of nitrogens with zero attached hydrogens (tertiary/aromatic N) is 4. The zero-order valence-electron chi connectivity index (χ0n) is 20.2. The lowest BCUT2D eigenvalue weighted by molar-refractivity contribution is -0.131. The second-order valence-electron chi connectivity index (χ2n) is 8.64. The van der Waals surface area contributed by atoms with E-state index in [1.54, 1.807) is 48.5 Å². The SMILES string of the molecule is [2H]c1cc2ccc(C(=O)N(CC(=O)N3CCN(CCc4cn[nH]c4)CC3)c3ccccc3Cl)cc2[nH]1. The molecule has 0 aliphatic carbocycles. The van der Waals surface area contributed by atoms with Gasteiger partial charge in [0.15, 0.2) is 0 Å². The number of halogens is 1. The molecule has 1 aliphatic heterocycles. The Hall–Kier alpha value is -3.62. The number of hydrogen-bond acceptors (Lipinski definition) is 4. The summed E-state index contributed by atoms with van der Waals surface area (Å²) >= 11 is 6.45. The fraction of sp³-hybridized carbons (Fsp3) is 0.269. The van der Waals surface area contributed by atoms with E-state index >= 15 is 0 Å². The van der Waals surface area contributed by atoms with Gasteiger partial charge in [-0.05, 0) is 47.7 Å². The lowest BCUT2D eigenvalue weighted by atomic mass is 10.1. The fourth-order valence-electron chi connectivity index (χ4n) is 4.37. The molecule has 8 nitrogen and oxygen atoms in total. The monoisotopic (exact) mass is 491 g/mol. The summed E-state index contributed by atoms with van der Waals surface area (Å²) in [4.78, 5) is 35.5. The standard InChI is InChI=1S/C26H27ClN6O2/c27-22-3-1-2-4-24(22)33(26(35)21-6-5-20-7-9-28-23(20)15-21)18-25(34)32-13-11-31(12-14-32)10-8-19-16-29-30-17-19/h1-7,9,15-17,28H,8,10-14,18H2,(H,29,30)/i9D. The van der Waals surface area contributed by atoms with Crippen molar-refractivity contribution in [2.45, 2.75) is 6.42 Å². The first-order valence-electron chi connectivity index (χ1n) is 12.1. The molecule has 35 heavy (non-hydrogen) atoms. The van der Waals surface area contributed by atoms with Gasteiger partial charge in [-0.1, -0.05) is 29.8 Å². The molecule has 1 fully saturated rings. The van der Waals surface area contributed by atoms with E-state index in [1.165, 1.54) is 10.5 Å². The quantitative estimate of drug-likeness (QED) is 0.413. The maximum atomic E-state index is 13.6. The Bertz CT molecular complexity index is 1360. The predicted octanol–water partition coefficient (Wildman–Crippen LogP) is 3.58. The van der Waals surface area contributed by atoms with Crippen LogP contribution in [-0.2, 0) is 11.2 Å². The van der Waals surface area contributed by atoms with E-state index < -0.39 is 0 Å². The van der Waals surface area contributed by atoms with E-state index in [1.807, 2.05) is 17.3 Å². The number of para-hydroxylation sites is 1. The molecule has 4 aromatic rings. The van der Waals surface area contributed by atoms with Crippen LogP contribution in [0, 0.1) is 0 Å². The van der Waals surface area contributed by atoms with E-state index in [-0.39, 0.29) is 24.5 Å². The van der Waals surface area contributed by atoms with Crippen molar-refractivity contribution in [3.8, 4) is 0 Å². The third-order valence-corrected chi connectivity index (χ3v) is 6.73. The highest BCUT2D eigenvalue weighted by Crippen LogP contribution is 2.27. The van der Waals surface area contributed by atoms with Crippen molar-refractivity contribution >= 4 is 40.0 Å². The average Bonchev–Trinajstić information content (AvgIpc) is 3.54. The van der Waals surface area contributed by atoms with Gasteiger partial charge in [-0.15, -0.1) is 0 Å². The molecule has 0 spiro atoms. The van der Waals surface area contributed by atoms with Crippen LogP contribution in [0.2, 0.25) is 5.02 Å². The van der Waals surface area contributed by atoms with Crippen LogP contribution in [0.25, 0.3) is 10.9 Å². The number of rotatable bonds is 7. The summed E-state index contributed by atoms with van der Waals surface area (Å²) in [6, 6.07) is 14.0. The van der Waals surface area contributed by atoms with Crippen molar-refractivity contribution in [1.29, 1.82) is 0 Å². The number of piperazine rings is 1. The molecule has 1 aliphatic rings. The minimum Gasteiger partial charge on any atom is -0.361 e. The van der Waals surface area contributed by atoms with Gasteiger partial charge in [0.1, 0.15) is 6.54 Å². The first-order chi connectivity index (χ1) is 17.5. The number of H-pyrrole nitrogens is 2. The molecule has 2 amide bonds. The highest BCUT2D eigenvalue weighted by atomic mass is 35.5. The van der Waals surface area contributed by atoms with E-state index in [9.17, 15) is 9.59 Å². The number of amides is 2. The molecule has 2 N–H and O–H groups in total. The molecule has 3 heterocycles. The van der Waals surface area contributed by atoms with E-state index in [0.29, 0.717) is 34.9 Å². The Morgan fingerprint density at radius 1 is 1.11 bits per heavy atom. The molecule has 0 atom stereocenters.